The number of ether oxygens (including phenoxy) is 2. The molecule has 0 aromatic rings. The minimum atomic E-state index is -0.235. The molecule has 2 heteroatoms. The van der Waals surface area contributed by atoms with Gasteiger partial charge in [0.05, 0.1) is 6.61 Å². The van der Waals surface area contributed by atoms with Gasteiger partial charge < -0.3 is 9.47 Å². The number of hydrogen-bond donors (Lipinski definition) is 0. The SMILES string of the molecule is COC12CCCC1(C(C)C)CCO2. The molecular weight excluding hydrogens is 164 g/mol. The molecule has 1 heterocycles. The van der Waals surface area contributed by atoms with Crippen LogP contribution in [0, 0.1) is 11.3 Å². The van der Waals surface area contributed by atoms with Gasteiger partial charge in [0, 0.05) is 18.9 Å². The maximum absolute atomic E-state index is 5.86. The first-order valence-electron chi connectivity index (χ1n) is 5.36. The molecule has 1 aliphatic heterocycles. The fourth-order valence-corrected chi connectivity index (χ4v) is 3.39. The van der Waals surface area contributed by atoms with Crippen molar-refractivity contribution in [3.63, 3.8) is 0 Å². The van der Waals surface area contributed by atoms with E-state index < -0.39 is 0 Å². The van der Waals surface area contributed by atoms with Gasteiger partial charge in [0.1, 0.15) is 0 Å². The molecule has 0 spiro atoms. The van der Waals surface area contributed by atoms with Gasteiger partial charge in [-0.05, 0) is 25.2 Å². The van der Waals surface area contributed by atoms with Crippen LogP contribution in [0.15, 0.2) is 0 Å². The highest BCUT2D eigenvalue weighted by Gasteiger charge is 2.61. The van der Waals surface area contributed by atoms with E-state index in [4.69, 9.17) is 9.47 Å². The van der Waals surface area contributed by atoms with E-state index in [1.165, 1.54) is 19.3 Å². The minimum Gasteiger partial charge on any atom is -0.353 e. The largest absolute Gasteiger partial charge is 0.353 e. The van der Waals surface area contributed by atoms with Crippen LogP contribution < -0.4 is 0 Å². The van der Waals surface area contributed by atoms with Crippen molar-refractivity contribution < 1.29 is 9.47 Å². The van der Waals surface area contributed by atoms with Crippen molar-refractivity contribution in [2.45, 2.75) is 45.3 Å². The lowest BCUT2D eigenvalue weighted by Crippen LogP contribution is -2.45. The first-order valence-corrected chi connectivity index (χ1v) is 5.36. The summed E-state index contributed by atoms with van der Waals surface area (Å²) in [6, 6.07) is 0. The van der Waals surface area contributed by atoms with Gasteiger partial charge in [0.15, 0.2) is 5.79 Å². The maximum Gasteiger partial charge on any atom is 0.173 e. The molecule has 0 N–H and O–H groups in total. The summed E-state index contributed by atoms with van der Waals surface area (Å²) in [5, 5.41) is 0. The average molecular weight is 184 g/mol. The summed E-state index contributed by atoms with van der Waals surface area (Å²) in [7, 11) is 1.80. The lowest BCUT2D eigenvalue weighted by Gasteiger charge is -2.41. The average Bonchev–Trinajstić information content (AvgIpc) is 2.57. The molecule has 1 saturated heterocycles. The van der Waals surface area contributed by atoms with Gasteiger partial charge in [-0.1, -0.05) is 13.8 Å². The maximum atomic E-state index is 5.86. The Balaban J connectivity index is 2.33. The highest BCUT2D eigenvalue weighted by atomic mass is 16.7. The van der Waals surface area contributed by atoms with Gasteiger partial charge in [0.25, 0.3) is 0 Å². The van der Waals surface area contributed by atoms with Crippen LogP contribution in [0.1, 0.15) is 39.5 Å². The summed E-state index contributed by atoms with van der Waals surface area (Å²) < 4.78 is 11.5. The van der Waals surface area contributed by atoms with E-state index >= 15 is 0 Å². The zero-order valence-corrected chi connectivity index (χ0v) is 8.93. The molecule has 0 aromatic heterocycles. The van der Waals surface area contributed by atoms with Gasteiger partial charge in [-0.15, -0.1) is 0 Å². The molecule has 0 amide bonds. The van der Waals surface area contributed by atoms with Gasteiger partial charge in [0.2, 0.25) is 0 Å². The predicted octanol–water partition coefficient (Wildman–Crippen LogP) is 2.58. The molecule has 2 fully saturated rings. The molecule has 2 unspecified atom stereocenters. The Labute approximate surface area is 80.6 Å². The van der Waals surface area contributed by atoms with Crippen molar-refractivity contribution >= 4 is 0 Å². The molecule has 2 nitrogen and oxygen atoms in total. The molecule has 0 radical (unpaired) electrons. The molecule has 76 valence electrons. The third-order valence-electron chi connectivity index (χ3n) is 4.21. The summed E-state index contributed by atoms with van der Waals surface area (Å²) in [6.07, 6.45) is 4.80. The Morgan fingerprint density at radius 2 is 2.00 bits per heavy atom. The van der Waals surface area contributed by atoms with E-state index in [0.29, 0.717) is 11.3 Å². The van der Waals surface area contributed by atoms with Crippen LogP contribution in [0.25, 0.3) is 0 Å². The third kappa shape index (κ3) is 1.02. The van der Waals surface area contributed by atoms with Crippen molar-refractivity contribution in [1.29, 1.82) is 0 Å². The number of hydrogen-bond acceptors (Lipinski definition) is 2. The van der Waals surface area contributed by atoms with Crippen LogP contribution in [0.3, 0.4) is 0 Å². The van der Waals surface area contributed by atoms with Crippen molar-refractivity contribution in [2.75, 3.05) is 13.7 Å². The monoisotopic (exact) mass is 184 g/mol. The molecule has 2 rings (SSSR count). The molecule has 0 bridgehead atoms. The van der Waals surface area contributed by atoms with Gasteiger partial charge >= 0.3 is 0 Å². The van der Waals surface area contributed by atoms with Crippen molar-refractivity contribution in [3.05, 3.63) is 0 Å². The quantitative estimate of drug-likeness (QED) is 0.656. The molecule has 1 aliphatic carbocycles. The van der Waals surface area contributed by atoms with E-state index in [2.05, 4.69) is 13.8 Å². The van der Waals surface area contributed by atoms with Crippen molar-refractivity contribution in [1.82, 2.24) is 0 Å². The predicted molar refractivity (Wildman–Crippen MR) is 51.4 cm³/mol. The van der Waals surface area contributed by atoms with E-state index in [1.54, 1.807) is 7.11 Å². The van der Waals surface area contributed by atoms with Crippen LogP contribution in [0.4, 0.5) is 0 Å². The molecule has 0 aromatic carbocycles. The van der Waals surface area contributed by atoms with Crippen LogP contribution >= 0.6 is 0 Å². The second-order valence-electron chi connectivity index (χ2n) is 4.72. The highest BCUT2D eigenvalue weighted by molar-refractivity contribution is 5.04. The standard InChI is InChI=1S/C11H20O2/c1-9(2)10-5-4-6-11(10,12-3)13-8-7-10/h9H,4-8H2,1-3H3. The lowest BCUT2D eigenvalue weighted by atomic mass is 9.71. The van der Waals surface area contributed by atoms with Crippen molar-refractivity contribution in [2.24, 2.45) is 11.3 Å². The number of fused-ring (bicyclic) bond motifs is 1. The van der Waals surface area contributed by atoms with Crippen LogP contribution in [0.5, 0.6) is 0 Å². The van der Waals surface area contributed by atoms with Gasteiger partial charge in [-0.3, -0.25) is 0 Å². The first-order chi connectivity index (χ1) is 6.17. The molecule has 2 atom stereocenters. The summed E-state index contributed by atoms with van der Waals surface area (Å²) in [5.74, 6) is 0.429. The zero-order valence-electron chi connectivity index (χ0n) is 8.93. The van der Waals surface area contributed by atoms with Gasteiger partial charge in [-0.25, -0.2) is 0 Å². The summed E-state index contributed by atoms with van der Waals surface area (Å²) in [4.78, 5) is 0. The normalized spacial score (nSPS) is 44.3. The first kappa shape index (κ1) is 9.47. The van der Waals surface area contributed by atoms with E-state index in [-0.39, 0.29) is 5.79 Å². The lowest BCUT2D eigenvalue weighted by molar-refractivity contribution is -0.240. The van der Waals surface area contributed by atoms with E-state index in [9.17, 15) is 0 Å². The number of rotatable bonds is 2. The second kappa shape index (κ2) is 2.96. The Kier molecular flexibility index (Phi) is 2.16. The summed E-state index contributed by atoms with van der Waals surface area (Å²) in [5.41, 5.74) is 0.307. The Morgan fingerprint density at radius 1 is 1.23 bits per heavy atom. The van der Waals surface area contributed by atoms with Crippen LogP contribution in [-0.2, 0) is 9.47 Å². The molecular formula is C11H20O2. The summed E-state index contributed by atoms with van der Waals surface area (Å²) >= 11 is 0. The van der Waals surface area contributed by atoms with Crippen LogP contribution in [0.2, 0.25) is 0 Å². The Hall–Kier alpha value is -0.0800. The second-order valence-corrected chi connectivity index (χ2v) is 4.72. The Morgan fingerprint density at radius 3 is 2.54 bits per heavy atom. The fourth-order valence-electron chi connectivity index (χ4n) is 3.39. The molecule has 2 aliphatic rings. The van der Waals surface area contributed by atoms with E-state index in [0.717, 1.165) is 13.0 Å². The zero-order chi connectivity index (χ0) is 9.53. The fraction of sp³-hybridized carbons (Fsp3) is 1.00. The topological polar surface area (TPSA) is 18.5 Å². The molecule has 1 saturated carbocycles. The summed E-state index contributed by atoms with van der Waals surface area (Å²) in [6.45, 7) is 5.48. The molecule has 13 heavy (non-hydrogen) atoms. The van der Waals surface area contributed by atoms with E-state index in [1.807, 2.05) is 0 Å². The third-order valence-corrected chi connectivity index (χ3v) is 4.21. The van der Waals surface area contributed by atoms with Crippen molar-refractivity contribution in [3.8, 4) is 0 Å². The van der Waals surface area contributed by atoms with Crippen LogP contribution in [-0.4, -0.2) is 19.5 Å². The Bertz CT molecular complexity index is 188. The smallest absolute Gasteiger partial charge is 0.173 e. The highest BCUT2D eigenvalue weighted by Crippen LogP contribution is 2.59. The van der Waals surface area contributed by atoms with Gasteiger partial charge in [-0.2, -0.15) is 0 Å². The minimum absolute atomic E-state index is 0.235. The number of methoxy groups -OCH3 is 1.